The number of esters is 1. The van der Waals surface area contributed by atoms with Gasteiger partial charge in [-0.25, -0.2) is 12.8 Å². The molecule has 6 nitrogen and oxygen atoms in total. The number of halogens is 2. The number of ether oxygens (including phenoxy) is 1. The van der Waals surface area contributed by atoms with Crippen LogP contribution in [0.1, 0.15) is 19.8 Å². The maximum Gasteiger partial charge on any atom is 0.306 e. The zero-order chi connectivity index (χ0) is 17.9. The topological polar surface area (TPSA) is 89.5 Å². The molecule has 1 N–H and O–H groups in total. The smallest absolute Gasteiger partial charge is 0.306 e. The van der Waals surface area contributed by atoms with Crippen LogP contribution in [0.5, 0.6) is 0 Å². The zero-order valence-electron chi connectivity index (χ0n) is 12.9. The van der Waals surface area contributed by atoms with E-state index in [-0.39, 0.29) is 34.6 Å². The predicted molar refractivity (Wildman–Crippen MR) is 87.0 cm³/mol. The molecule has 2 atom stereocenters. The molecule has 1 heterocycles. The Balaban J connectivity index is 1.86. The average Bonchev–Trinajstić information content (AvgIpc) is 2.80. The molecule has 0 aromatic heterocycles. The first-order valence-electron chi connectivity index (χ1n) is 7.32. The Morgan fingerprint density at radius 1 is 1.46 bits per heavy atom. The molecular weight excluding hydrogens is 361 g/mol. The number of nitrogens with one attached hydrogen (secondary N) is 1. The lowest BCUT2D eigenvalue weighted by atomic mass is 10.1. The van der Waals surface area contributed by atoms with Crippen LogP contribution in [-0.2, 0) is 24.2 Å². The third-order valence-electron chi connectivity index (χ3n) is 3.65. The summed E-state index contributed by atoms with van der Waals surface area (Å²) < 4.78 is 40.7. The van der Waals surface area contributed by atoms with Crippen LogP contribution in [0.2, 0.25) is 5.02 Å². The van der Waals surface area contributed by atoms with E-state index in [9.17, 15) is 22.4 Å². The Labute approximate surface area is 144 Å². The zero-order valence-corrected chi connectivity index (χ0v) is 14.5. The number of benzene rings is 1. The fourth-order valence-electron chi connectivity index (χ4n) is 2.39. The van der Waals surface area contributed by atoms with Gasteiger partial charge in [-0.2, -0.15) is 0 Å². The number of hydrogen-bond donors (Lipinski definition) is 1. The summed E-state index contributed by atoms with van der Waals surface area (Å²) in [6, 6.07) is 3.49. The van der Waals surface area contributed by atoms with E-state index in [0.29, 0.717) is 6.42 Å². The lowest BCUT2D eigenvalue weighted by Crippen LogP contribution is -2.30. The molecule has 1 aliphatic rings. The first-order valence-corrected chi connectivity index (χ1v) is 9.52. The summed E-state index contributed by atoms with van der Waals surface area (Å²) in [7, 11) is -3.07. The summed E-state index contributed by atoms with van der Waals surface area (Å²) in [5.74, 6) is -2.02. The van der Waals surface area contributed by atoms with Crippen LogP contribution >= 0.6 is 11.6 Å². The van der Waals surface area contributed by atoms with Crippen molar-refractivity contribution in [3.05, 3.63) is 29.0 Å². The summed E-state index contributed by atoms with van der Waals surface area (Å²) in [4.78, 5) is 23.8. The number of sulfone groups is 1. The van der Waals surface area contributed by atoms with Crippen molar-refractivity contribution < 1.29 is 27.1 Å². The molecule has 24 heavy (non-hydrogen) atoms. The van der Waals surface area contributed by atoms with Gasteiger partial charge in [0.15, 0.2) is 15.9 Å². The molecule has 1 aliphatic heterocycles. The number of hydrogen-bond acceptors (Lipinski definition) is 5. The molecule has 0 radical (unpaired) electrons. The van der Waals surface area contributed by atoms with E-state index in [4.69, 9.17) is 16.3 Å². The normalized spacial score (nSPS) is 20.4. The quantitative estimate of drug-likeness (QED) is 0.794. The fourth-order valence-corrected chi connectivity index (χ4v) is 4.47. The monoisotopic (exact) mass is 377 g/mol. The van der Waals surface area contributed by atoms with Crippen molar-refractivity contribution in [2.75, 3.05) is 16.8 Å². The highest BCUT2D eigenvalue weighted by molar-refractivity contribution is 7.91. The summed E-state index contributed by atoms with van der Waals surface area (Å²) in [6.07, 6.45) is -0.714. The molecule has 0 aliphatic carbocycles. The molecule has 0 unspecified atom stereocenters. The van der Waals surface area contributed by atoms with Crippen molar-refractivity contribution in [2.24, 2.45) is 5.92 Å². The number of amides is 1. The van der Waals surface area contributed by atoms with Gasteiger partial charge >= 0.3 is 5.97 Å². The van der Waals surface area contributed by atoms with Gasteiger partial charge in [0.2, 0.25) is 0 Å². The second-order valence-corrected chi connectivity index (χ2v) is 8.35. The van der Waals surface area contributed by atoms with E-state index < -0.39 is 33.6 Å². The van der Waals surface area contributed by atoms with E-state index in [0.717, 1.165) is 12.1 Å². The Morgan fingerprint density at radius 3 is 2.75 bits per heavy atom. The molecule has 9 heteroatoms. The largest absolute Gasteiger partial charge is 0.453 e. The van der Waals surface area contributed by atoms with Crippen LogP contribution < -0.4 is 5.32 Å². The van der Waals surface area contributed by atoms with Crippen molar-refractivity contribution in [3.8, 4) is 0 Å². The maximum atomic E-state index is 13.0. The number of carbonyl (C=O) groups is 2. The molecule has 1 aromatic carbocycles. The van der Waals surface area contributed by atoms with Crippen molar-refractivity contribution >= 4 is 39.0 Å². The number of carbonyl (C=O) groups excluding carboxylic acids is 2. The molecule has 0 bridgehead atoms. The minimum absolute atomic E-state index is 0.0260. The second-order valence-electron chi connectivity index (χ2n) is 5.72. The van der Waals surface area contributed by atoms with E-state index >= 15 is 0 Å². The van der Waals surface area contributed by atoms with Crippen LogP contribution in [0.15, 0.2) is 18.2 Å². The van der Waals surface area contributed by atoms with Gasteiger partial charge in [-0.15, -0.1) is 0 Å². The number of anilines is 1. The lowest BCUT2D eigenvalue weighted by Gasteiger charge is -2.15. The van der Waals surface area contributed by atoms with Crippen LogP contribution in [-0.4, -0.2) is 37.9 Å². The highest BCUT2D eigenvalue weighted by Crippen LogP contribution is 2.24. The molecule has 1 saturated heterocycles. The molecule has 1 fully saturated rings. The van der Waals surface area contributed by atoms with Gasteiger partial charge in [-0.1, -0.05) is 11.6 Å². The predicted octanol–water partition coefficient (Wildman–Crippen LogP) is 2.17. The summed E-state index contributed by atoms with van der Waals surface area (Å²) in [6.45, 7) is 1.38. The van der Waals surface area contributed by atoms with Gasteiger partial charge in [-0.3, -0.25) is 9.59 Å². The highest BCUT2D eigenvalue weighted by atomic mass is 35.5. The molecule has 1 amide bonds. The van der Waals surface area contributed by atoms with Gasteiger partial charge in [-0.05, 0) is 37.5 Å². The summed E-state index contributed by atoms with van der Waals surface area (Å²) >= 11 is 5.80. The summed E-state index contributed by atoms with van der Waals surface area (Å²) in [5.41, 5.74) is 0.202. The molecule has 0 saturated carbocycles. The van der Waals surface area contributed by atoms with Crippen molar-refractivity contribution in [1.82, 2.24) is 0 Å². The van der Waals surface area contributed by atoms with Gasteiger partial charge < -0.3 is 10.1 Å². The Hall–Kier alpha value is -1.67. The molecule has 0 spiro atoms. The van der Waals surface area contributed by atoms with Crippen LogP contribution in [0, 0.1) is 11.7 Å². The molecule has 132 valence electrons. The average molecular weight is 378 g/mol. The van der Waals surface area contributed by atoms with Crippen molar-refractivity contribution in [2.45, 2.75) is 25.9 Å². The third kappa shape index (κ3) is 5.17. The van der Waals surface area contributed by atoms with Crippen molar-refractivity contribution in [1.29, 1.82) is 0 Å². The van der Waals surface area contributed by atoms with E-state index in [1.54, 1.807) is 0 Å². The van der Waals surface area contributed by atoms with Crippen molar-refractivity contribution in [3.63, 3.8) is 0 Å². The standard InChI is InChI=1S/C15H17ClFNO5S/c1-9(15(20)18-13-3-2-11(17)7-12(13)16)23-14(19)6-10-4-5-24(21,22)8-10/h2-3,7,9-10H,4-6,8H2,1H3,(H,18,20)/t9-,10+/m0/s1. The maximum absolute atomic E-state index is 13.0. The second kappa shape index (κ2) is 7.48. The summed E-state index contributed by atoms with van der Waals surface area (Å²) in [5, 5.41) is 2.46. The Bertz CT molecular complexity index is 752. The fraction of sp³-hybridized carbons (Fsp3) is 0.467. The van der Waals surface area contributed by atoms with E-state index in [1.165, 1.54) is 13.0 Å². The first-order chi connectivity index (χ1) is 11.2. The highest BCUT2D eigenvalue weighted by Gasteiger charge is 2.30. The van der Waals surface area contributed by atoms with Gasteiger partial charge in [0.1, 0.15) is 5.82 Å². The number of rotatable bonds is 5. The van der Waals surface area contributed by atoms with E-state index in [2.05, 4.69) is 5.32 Å². The van der Waals surface area contributed by atoms with E-state index in [1.807, 2.05) is 0 Å². The minimum Gasteiger partial charge on any atom is -0.453 e. The van der Waals surface area contributed by atoms with Crippen LogP contribution in [0.3, 0.4) is 0 Å². The van der Waals surface area contributed by atoms with Gasteiger partial charge in [0, 0.05) is 6.42 Å². The Kier molecular flexibility index (Phi) is 5.82. The van der Waals surface area contributed by atoms with Gasteiger partial charge in [0.25, 0.3) is 5.91 Å². The Morgan fingerprint density at radius 2 is 2.17 bits per heavy atom. The van der Waals surface area contributed by atoms with Crippen LogP contribution in [0.4, 0.5) is 10.1 Å². The first kappa shape index (κ1) is 18.7. The molecule has 1 aromatic rings. The molecular formula is C15H17ClFNO5S. The van der Waals surface area contributed by atoms with Gasteiger partial charge in [0.05, 0.1) is 22.2 Å². The molecule has 2 rings (SSSR count). The van der Waals surface area contributed by atoms with Crippen LogP contribution in [0.25, 0.3) is 0 Å². The lowest BCUT2D eigenvalue weighted by molar-refractivity contribution is -0.153. The third-order valence-corrected chi connectivity index (χ3v) is 5.80. The SMILES string of the molecule is C[C@H](OC(=O)C[C@H]1CCS(=O)(=O)C1)C(=O)Nc1ccc(F)cc1Cl. The minimum atomic E-state index is -3.07.